The Balaban J connectivity index is 1.05. The number of hydrogen-bond donors (Lipinski definition) is 3. The number of para-hydroxylation sites is 2. The molecule has 3 aliphatic heterocycles. The maximum atomic E-state index is 13.0. The molecule has 1 aromatic heterocycles. The quantitative estimate of drug-likeness (QED) is 0.159. The summed E-state index contributed by atoms with van der Waals surface area (Å²) in [5.41, 5.74) is 1.94. The summed E-state index contributed by atoms with van der Waals surface area (Å²) in [7, 11) is 0. The van der Waals surface area contributed by atoms with E-state index in [1.54, 1.807) is 24.3 Å². The van der Waals surface area contributed by atoms with E-state index in [9.17, 15) is 39.0 Å². The highest BCUT2D eigenvalue weighted by Crippen LogP contribution is 2.42. The Morgan fingerprint density at radius 3 is 2.39 bits per heavy atom. The fourth-order valence-electron chi connectivity index (χ4n) is 5.41. The number of carboxylic acid groups (broad SMARTS) is 2. The largest absolute Gasteiger partial charge is 0.480 e. The Morgan fingerprint density at radius 1 is 1.05 bits per heavy atom. The van der Waals surface area contributed by atoms with Crippen LogP contribution in [0.25, 0.3) is 11.1 Å². The molecule has 3 aliphatic rings. The van der Waals surface area contributed by atoms with E-state index in [-0.39, 0.29) is 41.8 Å². The lowest BCUT2D eigenvalue weighted by Gasteiger charge is -2.49. The van der Waals surface area contributed by atoms with E-state index >= 15 is 0 Å². The minimum Gasteiger partial charge on any atom is -0.480 e. The number of thioether (sulfide) groups is 2. The van der Waals surface area contributed by atoms with Crippen LogP contribution in [0.1, 0.15) is 40.0 Å². The van der Waals surface area contributed by atoms with Crippen molar-refractivity contribution in [3.8, 4) is 0 Å². The summed E-state index contributed by atoms with van der Waals surface area (Å²) in [6.07, 6.45) is -0.303. The summed E-state index contributed by atoms with van der Waals surface area (Å²) in [5, 5.41) is 22.1. The van der Waals surface area contributed by atoms with Crippen LogP contribution in [-0.2, 0) is 19.2 Å². The molecule has 6 rings (SSSR count). The third-order valence-electron chi connectivity index (χ3n) is 7.51. The summed E-state index contributed by atoms with van der Waals surface area (Å²) < 4.78 is 5.69. The number of nitrogens with zero attached hydrogens (tertiary/aromatic N) is 3. The first-order chi connectivity index (χ1) is 21.2. The number of fused-ring (bicyclic) bond motifs is 3. The van der Waals surface area contributed by atoms with Crippen molar-refractivity contribution in [1.82, 2.24) is 20.1 Å². The second-order valence-electron chi connectivity index (χ2n) is 10.2. The van der Waals surface area contributed by atoms with Gasteiger partial charge in [0.1, 0.15) is 28.7 Å². The Kier molecular flexibility index (Phi) is 7.90. The van der Waals surface area contributed by atoms with Crippen molar-refractivity contribution in [2.24, 2.45) is 0 Å². The van der Waals surface area contributed by atoms with Crippen LogP contribution in [0.15, 0.2) is 69.4 Å². The van der Waals surface area contributed by atoms with E-state index in [1.165, 1.54) is 40.6 Å². The number of rotatable bonds is 11. The van der Waals surface area contributed by atoms with E-state index in [0.717, 1.165) is 0 Å². The van der Waals surface area contributed by atoms with Crippen molar-refractivity contribution in [2.75, 3.05) is 11.5 Å². The average Bonchev–Trinajstić information content (AvgIpc) is 3.54. The average molecular weight is 637 g/mol. The highest BCUT2D eigenvalue weighted by molar-refractivity contribution is 8.01. The molecule has 4 amide bonds. The van der Waals surface area contributed by atoms with Gasteiger partial charge >= 0.3 is 11.9 Å². The van der Waals surface area contributed by atoms with Gasteiger partial charge in [-0.05, 0) is 42.7 Å². The first kappa shape index (κ1) is 29.4. The van der Waals surface area contributed by atoms with Crippen LogP contribution >= 0.6 is 23.5 Å². The van der Waals surface area contributed by atoms with Gasteiger partial charge in [-0.2, -0.15) is 0 Å². The molecule has 0 saturated carbocycles. The number of carboxylic acids is 2. The van der Waals surface area contributed by atoms with Gasteiger partial charge in [0, 0.05) is 17.9 Å². The van der Waals surface area contributed by atoms with Crippen LogP contribution in [0.5, 0.6) is 0 Å². The fourth-order valence-corrected chi connectivity index (χ4v) is 7.73. The van der Waals surface area contributed by atoms with E-state index in [0.29, 0.717) is 32.5 Å². The number of aliphatic carboxylic acids is 2. The molecule has 4 heterocycles. The predicted molar refractivity (Wildman–Crippen MR) is 157 cm³/mol. The number of hydrogen-bond acceptors (Lipinski definition) is 10. The summed E-state index contributed by atoms with van der Waals surface area (Å²) >= 11 is 2.55. The highest BCUT2D eigenvalue weighted by atomic mass is 32.2. The van der Waals surface area contributed by atoms with Crippen molar-refractivity contribution in [3.05, 3.63) is 70.9 Å². The summed E-state index contributed by atoms with van der Waals surface area (Å²) in [5.74, 6) is -4.57. The van der Waals surface area contributed by atoms with Gasteiger partial charge in [0.25, 0.3) is 22.9 Å². The molecule has 1 unspecified atom stereocenters. The Bertz CT molecular complexity index is 1700. The molecule has 3 atom stereocenters. The van der Waals surface area contributed by atoms with Crippen molar-refractivity contribution in [1.29, 1.82) is 0 Å². The first-order valence-corrected chi connectivity index (χ1v) is 15.6. The minimum atomic E-state index is -1.46. The smallest absolute Gasteiger partial charge is 0.352 e. The zero-order valence-electron chi connectivity index (χ0n) is 22.8. The molecule has 13 nitrogen and oxygen atoms in total. The van der Waals surface area contributed by atoms with Gasteiger partial charge < -0.3 is 19.9 Å². The van der Waals surface area contributed by atoms with Crippen molar-refractivity contribution < 1.29 is 43.4 Å². The SMILES string of the molecule is O=C(CCCC(C(=O)O)N1C(=O)c2ccccc2C1=O)N[C@@H]1C(=O)N2C(C(=O)O)=C(CSc3nc4ccccc4o3)CS[C@@H]12. The van der Waals surface area contributed by atoms with Gasteiger partial charge in [0.15, 0.2) is 5.58 Å². The maximum Gasteiger partial charge on any atom is 0.352 e. The van der Waals surface area contributed by atoms with Crippen LogP contribution in [0, 0.1) is 0 Å². The minimum absolute atomic E-state index is 0.0239. The Hall–Kier alpha value is -4.63. The molecular weight excluding hydrogens is 612 g/mol. The van der Waals surface area contributed by atoms with Gasteiger partial charge in [0.05, 0.1) is 11.1 Å². The number of oxazole rings is 1. The van der Waals surface area contributed by atoms with E-state index in [1.807, 2.05) is 12.1 Å². The van der Waals surface area contributed by atoms with Crippen molar-refractivity contribution in [2.45, 2.75) is 41.9 Å². The van der Waals surface area contributed by atoms with Crippen LogP contribution in [0.2, 0.25) is 0 Å². The van der Waals surface area contributed by atoms with Gasteiger partial charge in [-0.1, -0.05) is 36.0 Å². The molecule has 15 heteroatoms. The number of carbonyl (C=O) groups excluding carboxylic acids is 4. The van der Waals surface area contributed by atoms with Crippen molar-refractivity contribution in [3.63, 3.8) is 0 Å². The molecule has 44 heavy (non-hydrogen) atoms. The molecule has 1 saturated heterocycles. The molecule has 2 aromatic carbocycles. The second-order valence-corrected chi connectivity index (χ2v) is 12.3. The monoisotopic (exact) mass is 636 g/mol. The van der Waals surface area contributed by atoms with Crippen LogP contribution < -0.4 is 5.32 Å². The lowest BCUT2D eigenvalue weighted by Crippen LogP contribution is -2.70. The number of imide groups is 1. The van der Waals surface area contributed by atoms with Crippen LogP contribution in [-0.4, -0.2) is 89.5 Å². The number of carbonyl (C=O) groups is 6. The lowest BCUT2D eigenvalue weighted by atomic mass is 10.0. The summed E-state index contributed by atoms with van der Waals surface area (Å²) in [6.45, 7) is 0. The van der Waals surface area contributed by atoms with E-state index in [4.69, 9.17) is 4.42 Å². The van der Waals surface area contributed by atoms with Gasteiger partial charge in [-0.25, -0.2) is 14.6 Å². The zero-order chi connectivity index (χ0) is 31.1. The molecule has 0 spiro atoms. The molecule has 3 N–H and O–H groups in total. The predicted octanol–water partition coefficient (Wildman–Crippen LogP) is 2.58. The normalized spacial score (nSPS) is 20.0. The topological polar surface area (TPSA) is 187 Å². The third kappa shape index (κ3) is 5.21. The van der Waals surface area contributed by atoms with Crippen molar-refractivity contribution >= 4 is 70.2 Å². The third-order valence-corrected chi connectivity index (χ3v) is 9.77. The Labute approximate surface area is 257 Å². The number of nitrogens with one attached hydrogen (secondary N) is 1. The molecule has 3 aromatic rings. The first-order valence-electron chi connectivity index (χ1n) is 13.5. The number of amides is 4. The fraction of sp³-hybridized carbons (Fsp3) is 0.276. The van der Waals surface area contributed by atoms with Gasteiger partial charge in [0.2, 0.25) is 5.91 Å². The summed E-state index contributed by atoms with van der Waals surface area (Å²) in [4.78, 5) is 81.6. The molecule has 226 valence electrons. The van der Waals surface area contributed by atoms with E-state index in [2.05, 4.69) is 10.3 Å². The number of benzene rings is 2. The molecule has 0 aliphatic carbocycles. The standard InChI is InChI=1S/C29H24N4O9S2/c34-20(11-5-9-18(27(38)39)32-23(35)15-6-1-2-7-16(15)24(32)36)31-21-25(37)33-22(28(40)41)14(12-43-26(21)33)13-44-29-30-17-8-3-4-10-19(17)42-29/h1-4,6-8,10,18,21,26H,5,9,11-13H2,(H,31,34)(H,38,39)(H,40,41)/t18?,21-,26+/m1/s1. The van der Waals surface area contributed by atoms with Gasteiger partial charge in [-0.15, -0.1) is 11.8 Å². The second kappa shape index (κ2) is 11.8. The lowest BCUT2D eigenvalue weighted by molar-refractivity contribution is -0.150. The molecule has 1 fully saturated rings. The molecule has 0 radical (unpaired) electrons. The molecular formula is C29H24N4O9S2. The maximum absolute atomic E-state index is 13.0. The number of aromatic nitrogens is 1. The number of β-lactam (4-membered cyclic amide) rings is 1. The highest BCUT2D eigenvalue weighted by Gasteiger charge is 2.54. The van der Waals surface area contributed by atoms with Crippen LogP contribution in [0.4, 0.5) is 0 Å². The zero-order valence-corrected chi connectivity index (χ0v) is 24.4. The van der Waals surface area contributed by atoms with E-state index < -0.39 is 53.0 Å². The van der Waals surface area contributed by atoms with Gasteiger partial charge in [-0.3, -0.25) is 29.0 Å². The Morgan fingerprint density at radius 2 is 1.73 bits per heavy atom. The summed E-state index contributed by atoms with van der Waals surface area (Å²) in [6, 6.07) is 10.9. The molecule has 0 bridgehead atoms. The van der Waals surface area contributed by atoms with Crippen LogP contribution in [0.3, 0.4) is 0 Å².